The zero-order valence-corrected chi connectivity index (χ0v) is 14.2. The lowest BCUT2D eigenvalue weighted by molar-refractivity contribution is 0.136. The van der Waals surface area contributed by atoms with E-state index in [9.17, 15) is 0 Å². The number of nitrogens with zero attached hydrogens (tertiary/aromatic N) is 5. The maximum Gasteiger partial charge on any atom is 0.153 e. The fraction of sp³-hybridized carbons (Fsp3) is 0.692. The Morgan fingerprint density at radius 3 is 2.52 bits per heavy atom. The third-order valence-electron chi connectivity index (χ3n) is 3.81. The summed E-state index contributed by atoms with van der Waals surface area (Å²) in [6, 6.07) is 0. The van der Waals surface area contributed by atoms with Crippen LogP contribution in [0.4, 0.5) is 0 Å². The molecule has 1 aliphatic heterocycles. The standard InChI is InChI=1S/C13H23BrN6O/c1-3-20-11(13(14)10(2)16-20)8-18-4-6-19(7-5-18)9-12(15)17-21/h21H,3-9H2,1-2H3,(H2,15,17). The predicted molar refractivity (Wildman–Crippen MR) is 85.5 cm³/mol. The van der Waals surface area contributed by atoms with Gasteiger partial charge in [-0.15, -0.1) is 0 Å². The highest BCUT2D eigenvalue weighted by molar-refractivity contribution is 9.10. The van der Waals surface area contributed by atoms with E-state index in [-0.39, 0.29) is 5.84 Å². The molecule has 0 bridgehead atoms. The van der Waals surface area contributed by atoms with E-state index in [2.05, 4.69) is 47.6 Å². The van der Waals surface area contributed by atoms with Crippen LogP contribution >= 0.6 is 15.9 Å². The van der Waals surface area contributed by atoms with E-state index in [0.29, 0.717) is 6.54 Å². The van der Waals surface area contributed by atoms with Crippen molar-refractivity contribution < 1.29 is 5.21 Å². The van der Waals surface area contributed by atoms with Crippen molar-refractivity contribution in [3.05, 3.63) is 15.9 Å². The van der Waals surface area contributed by atoms with E-state index >= 15 is 0 Å². The molecule has 3 N–H and O–H groups in total. The molecule has 0 unspecified atom stereocenters. The molecule has 0 aromatic carbocycles. The number of nitrogens with two attached hydrogens (primary N) is 1. The second-order valence-corrected chi connectivity index (χ2v) is 6.10. The van der Waals surface area contributed by atoms with Gasteiger partial charge >= 0.3 is 0 Å². The van der Waals surface area contributed by atoms with E-state index in [0.717, 1.165) is 49.4 Å². The lowest BCUT2D eigenvalue weighted by Gasteiger charge is -2.34. The van der Waals surface area contributed by atoms with Crippen LogP contribution < -0.4 is 5.73 Å². The number of hydrogen-bond donors (Lipinski definition) is 2. The summed E-state index contributed by atoms with van der Waals surface area (Å²) in [4.78, 5) is 4.61. The Bertz CT molecular complexity index is 507. The van der Waals surface area contributed by atoms with Gasteiger partial charge in [0.1, 0.15) is 0 Å². The van der Waals surface area contributed by atoms with Crippen LogP contribution in [0.3, 0.4) is 0 Å². The van der Waals surface area contributed by atoms with Crippen LogP contribution in [0.5, 0.6) is 0 Å². The molecule has 21 heavy (non-hydrogen) atoms. The van der Waals surface area contributed by atoms with E-state index in [1.807, 2.05) is 6.92 Å². The Morgan fingerprint density at radius 2 is 1.95 bits per heavy atom. The molecule has 1 aromatic rings. The van der Waals surface area contributed by atoms with Crippen LogP contribution in [-0.2, 0) is 13.1 Å². The van der Waals surface area contributed by atoms with Crippen molar-refractivity contribution in [1.29, 1.82) is 0 Å². The Hall–Kier alpha value is -1.12. The molecule has 1 aromatic heterocycles. The number of aryl methyl sites for hydroxylation is 2. The van der Waals surface area contributed by atoms with Crippen molar-refractivity contribution >= 4 is 21.8 Å². The molecular weight excluding hydrogens is 336 g/mol. The van der Waals surface area contributed by atoms with E-state index < -0.39 is 0 Å². The summed E-state index contributed by atoms with van der Waals surface area (Å²) in [6.45, 7) is 10.2. The van der Waals surface area contributed by atoms with Crippen LogP contribution in [0.25, 0.3) is 0 Å². The molecule has 0 saturated carbocycles. The molecule has 0 aliphatic carbocycles. The van der Waals surface area contributed by atoms with Crippen molar-refractivity contribution in [2.24, 2.45) is 10.9 Å². The van der Waals surface area contributed by atoms with Crippen LogP contribution in [0, 0.1) is 6.92 Å². The van der Waals surface area contributed by atoms with Crippen LogP contribution in [-0.4, -0.2) is 63.3 Å². The quantitative estimate of drug-likeness (QED) is 0.352. The first-order valence-corrected chi connectivity index (χ1v) is 7.97. The minimum Gasteiger partial charge on any atom is -0.409 e. The lowest BCUT2D eigenvalue weighted by atomic mass is 10.2. The summed E-state index contributed by atoms with van der Waals surface area (Å²) in [6.07, 6.45) is 0. The van der Waals surface area contributed by atoms with Crippen LogP contribution in [0.1, 0.15) is 18.3 Å². The summed E-state index contributed by atoms with van der Waals surface area (Å²) in [5, 5.41) is 16.2. The van der Waals surface area contributed by atoms with E-state index in [1.165, 1.54) is 5.69 Å². The van der Waals surface area contributed by atoms with Crippen LogP contribution in [0.2, 0.25) is 0 Å². The molecule has 2 heterocycles. The molecule has 0 atom stereocenters. The van der Waals surface area contributed by atoms with Crippen LogP contribution in [0.15, 0.2) is 9.63 Å². The second-order valence-electron chi connectivity index (χ2n) is 5.31. The number of aromatic nitrogens is 2. The summed E-state index contributed by atoms with van der Waals surface area (Å²) in [5.41, 5.74) is 7.82. The monoisotopic (exact) mass is 358 g/mol. The first kappa shape index (κ1) is 16.3. The number of amidine groups is 1. The molecule has 2 rings (SSSR count). The Morgan fingerprint density at radius 1 is 1.33 bits per heavy atom. The molecule has 1 fully saturated rings. The van der Waals surface area contributed by atoms with Crippen molar-refractivity contribution in [2.45, 2.75) is 26.9 Å². The molecule has 0 radical (unpaired) electrons. The van der Waals surface area contributed by atoms with Gasteiger partial charge in [-0.2, -0.15) is 5.10 Å². The number of hydrogen-bond acceptors (Lipinski definition) is 5. The second kappa shape index (κ2) is 7.24. The summed E-state index contributed by atoms with van der Waals surface area (Å²) in [5.74, 6) is 0.269. The van der Waals surface area contributed by atoms with Crippen molar-refractivity contribution in [3.8, 4) is 0 Å². The highest BCUT2D eigenvalue weighted by Gasteiger charge is 2.21. The van der Waals surface area contributed by atoms with Crippen molar-refractivity contribution in [3.63, 3.8) is 0 Å². The average Bonchev–Trinajstić information content (AvgIpc) is 2.76. The lowest BCUT2D eigenvalue weighted by Crippen LogP contribution is -2.48. The molecule has 8 heteroatoms. The molecule has 1 saturated heterocycles. The smallest absolute Gasteiger partial charge is 0.153 e. The number of rotatable bonds is 5. The summed E-state index contributed by atoms with van der Waals surface area (Å²) >= 11 is 3.64. The summed E-state index contributed by atoms with van der Waals surface area (Å²) < 4.78 is 3.17. The SMILES string of the molecule is CCn1nc(C)c(Br)c1CN1CCN(CC(N)=NO)CC1. The Balaban J connectivity index is 1.92. The van der Waals surface area contributed by atoms with Gasteiger partial charge in [0.05, 0.1) is 22.4 Å². The number of oxime groups is 1. The first-order chi connectivity index (χ1) is 10.0. The van der Waals surface area contributed by atoms with Crippen molar-refractivity contribution in [2.75, 3.05) is 32.7 Å². The zero-order chi connectivity index (χ0) is 15.4. The third kappa shape index (κ3) is 3.96. The van der Waals surface area contributed by atoms with Gasteiger partial charge in [0, 0.05) is 39.3 Å². The van der Waals surface area contributed by atoms with Gasteiger partial charge in [0.2, 0.25) is 0 Å². The maximum atomic E-state index is 8.61. The Kier molecular flexibility index (Phi) is 5.60. The minimum atomic E-state index is 0.269. The van der Waals surface area contributed by atoms with E-state index in [1.54, 1.807) is 0 Å². The fourth-order valence-electron chi connectivity index (χ4n) is 2.60. The van der Waals surface area contributed by atoms with Gasteiger partial charge < -0.3 is 10.9 Å². The van der Waals surface area contributed by atoms with Gasteiger partial charge in [0.25, 0.3) is 0 Å². The van der Waals surface area contributed by atoms with Gasteiger partial charge in [-0.1, -0.05) is 5.16 Å². The fourth-order valence-corrected chi connectivity index (χ4v) is 3.01. The molecule has 0 amide bonds. The first-order valence-electron chi connectivity index (χ1n) is 7.18. The minimum absolute atomic E-state index is 0.269. The number of piperazine rings is 1. The van der Waals surface area contributed by atoms with Gasteiger partial charge in [0.15, 0.2) is 5.84 Å². The highest BCUT2D eigenvalue weighted by atomic mass is 79.9. The van der Waals surface area contributed by atoms with E-state index in [4.69, 9.17) is 10.9 Å². The normalized spacial score (nSPS) is 18.3. The third-order valence-corrected chi connectivity index (χ3v) is 4.84. The van der Waals surface area contributed by atoms with Gasteiger partial charge in [-0.05, 0) is 29.8 Å². The molecule has 1 aliphatic rings. The van der Waals surface area contributed by atoms with Crippen molar-refractivity contribution in [1.82, 2.24) is 19.6 Å². The predicted octanol–water partition coefficient (Wildman–Crippen LogP) is 0.838. The zero-order valence-electron chi connectivity index (χ0n) is 12.6. The maximum absolute atomic E-state index is 8.61. The van der Waals surface area contributed by atoms with Gasteiger partial charge in [-0.3, -0.25) is 14.5 Å². The Labute approximate surface area is 133 Å². The largest absolute Gasteiger partial charge is 0.409 e. The number of halogens is 1. The van der Waals surface area contributed by atoms with Gasteiger partial charge in [-0.25, -0.2) is 0 Å². The molecule has 118 valence electrons. The topological polar surface area (TPSA) is 82.9 Å². The summed E-state index contributed by atoms with van der Waals surface area (Å²) in [7, 11) is 0. The average molecular weight is 359 g/mol. The molecule has 0 spiro atoms. The molecule has 7 nitrogen and oxygen atoms in total. The molecular formula is C13H23BrN6O. The highest BCUT2D eigenvalue weighted by Crippen LogP contribution is 2.22.